The number of carbonyl (C=O) groups is 1. The lowest BCUT2D eigenvalue weighted by Crippen LogP contribution is -2.31. The van der Waals surface area contributed by atoms with Crippen molar-refractivity contribution in [1.29, 1.82) is 0 Å². The number of hydrogen-bond acceptors (Lipinski definition) is 4. The first-order valence-corrected chi connectivity index (χ1v) is 6.99. The van der Waals surface area contributed by atoms with Crippen LogP contribution in [-0.2, 0) is 4.79 Å². The second kappa shape index (κ2) is 4.74. The molecular formula is C12H12ClN3OS. The minimum absolute atomic E-state index is 0.137. The number of hydrogen-bond donors (Lipinski definition) is 2. The lowest BCUT2D eigenvalue weighted by Gasteiger charge is -2.09. The van der Waals surface area contributed by atoms with E-state index in [1.54, 1.807) is 11.3 Å². The maximum absolute atomic E-state index is 11.1. The second-order valence-electron chi connectivity index (χ2n) is 4.32. The van der Waals surface area contributed by atoms with Crippen molar-refractivity contribution in [2.45, 2.75) is 18.9 Å². The zero-order chi connectivity index (χ0) is 12.5. The number of aromatic nitrogens is 1. The summed E-state index contributed by atoms with van der Waals surface area (Å²) in [5.74, 6) is 0.137. The standard InChI is InChI=1S/C12H12ClN3OS/c13-7-1-3-9-10(5-7)18-12(16-9)14-6-8-2-4-11(17)15-8/h1,3,5,8H,2,4,6H2,(H,14,16)(H,15,17). The van der Waals surface area contributed by atoms with E-state index in [9.17, 15) is 4.79 Å². The molecule has 0 radical (unpaired) electrons. The van der Waals surface area contributed by atoms with Crippen LogP contribution < -0.4 is 10.6 Å². The summed E-state index contributed by atoms with van der Waals surface area (Å²) in [6, 6.07) is 5.88. The fraction of sp³-hybridized carbons (Fsp3) is 0.333. The van der Waals surface area contributed by atoms with E-state index >= 15 is 0 Å². The van der Waals surface area contributed by atoms with Gasteiger partial charge in [-0.3, -0.25) is 4.79 Å². The minimum atomic E-state index is 0.137. The van der Waals surface area contributed by atoms with E-state index in [0.29, 0.717) is 6.42 Å². The van der Waals surface area contributed by atoms with Crippen LogP contribution >= 0.6 is 22.9 Å². The van der Waals surface area contributed by atoms with Gasteiger partial charge in [-0.15, -0.1) is 0 Å². The Kier molecular flexibility index (Phi) is 3.09. The maximum Gasteiger partial charge on any atom is 0.220 e. The summed E-state index contributed by atoms with van der Waals surface area (Å²) >= 11 is 7.51. The molecule has 1 saturated heterocycles. The average molecular weight is 282 g/mol. The SMILES string of the molecule is O=C1CCC(CNc2nc3ccc(Cl)cc3s2)N1. The molecule has 3 rings (SSSR count). The van der Waals surface area contributed by atoms with Crippen molar-refractivity contribution >= 4 is 44.2 Å². The van der Waals surface area contributed by atoms with E-state index in [0.717, 1.165) is 33.3 Å². The summed E-state index contributed by atoms with van der Waals surface area (Å²) < 4.78 is 1.07. The normalized spacial score (nSPS) is 19.2. The maximum atomic E-state index is 11.1. The lowest BCUT2D eigenvalue weighted by atomic mass is 10.2. The van der Waals surface area contributed by atoms with Crippen molar-refractivity contribution in [2.24, 2.45) is 0 Å². The van der Waals surface area contributed by atoms with Crippen LogP contribution in [0.15, 0.2) is 18.2 Å². The van der Waals surface area contributed by atoms with Crippen molar-refractivity contribution in [3.63, 3.8) is 0 Å². The van der Waals surface area contributed by atoms with Crippen molar-refractivity contribution in [2.75, 3.05) is 11.9 Å². The third kappa shape index (κ3) is 2.42. The van der Waals surface area contributed by atoms with Crippen molar-refractivity contribution in [3.8, 4) is 0 Å². The monoisotopic (exact) mass is 281 g/mol. The Morgan fingerprint density at radius 2 is 2.44 bits per heavy atom. The second-order valence-corrected chi connectivity index (χ2v) is 5.78. The predicted molar refractivity (Wildman–Crippen MR) is 74.3 cm³/mol. The van der Waals surface area contributed by atoms with Gasteiger partial charge in [-0.1, -0.05) is 22.9 Å². The number of fused-ring (bicyclic) bond motifs is 1. The number of nitrogens with zero attached hydrogens (tertiary/aromatic N) is 1. The molecule has 1 aliphatic rings. The molecule has 94 valence electrons. The van der Waals surface area contributed by atoms with E-state index in [-0.39, 0.29) is 11.9 Å². The number of amides is 1. The van der Waals surface area contributed by atoms with Crippen LogP contribution in [0.1, 0.15) is 12.8 Å². The molecule has 2 N–H and O–H groups in total. The van der Waals surface area contributed by atoms with Gasteiger partial charge in [0.05, 0.1) is 10.2 Å². The molecule has 4 nitrogen and oxygen atoms in total. The average Bonchev–Trinajstić information content (AvgIpc) is 2.92. The Morgan fingerprint density at radius 3 is 3.22 bits per heavy atom. The number of benzene rings is 1. The molecule has 2 heterocycles. The molecule has 18 heavy (non-hydrogen) atoms. The molecule has 1 atom stereocenters. The number of anilines is 1. The van der Waals surface area contributed by atoms with E-state index in [4.69, 9.17) is 11.6 Å². The highest BCUT2D eigenvalue weighted by atomic mass is 35.5. The number of thiazole rings is 1. The van der Waals surface area contributed by atoms with Crippen LogP contribution in [0.5, 0.6) is 0 Å². The summed E-state index contributed by atoms with van der Waals surface area (Å²) in [5.41, 5.74) is 0.947. The number of halogens is 1. The molecule has 1 fully saturated rings. The van der Waals surface area contributed by atoms with Gasteiger partial charge in [0, 0.05) is 24.0 Å². The van der Waals surface area contributed by atoms with Crippen molar-refractivity contribution < 1.29 is 4.79 Å². The van der Waals surface area contributed by atoms with Gasteiger partial charge >= 0.3 is 0 Å². The van der Waals surface area contributed by atoms with Crippen LogP contribution in [0.3, 0.4) is 0 Å². The molecular weight excluding hydrogens is 270 g/mol. The molecule has 1 aliphatic heterocycles. The minimum Gasteiger partial charge on any atom is -0.359 e. The Bertz CT molecular complexity index is 598. The molecule has 6 heteroatoms. The molecule has 0 aliphatic carbocycles. The summed E-state index contributed by atoms with van der Waals surface area (Å²) in [7, 11) is 0. The van der Waals surface area contributed by atoms with Crippen LogP contribution in [0, 0.1) is 0 Å². The van der Waals surface area contributed by atoms with Gasteiger partial charge < -0.3 is 10.6 Å². The largest absolute Gasteiger partial charge is 0.359 e. The quantitative estimate of drug-likeness (QED) is 0.909. The molecule has 1 unspecified atom stereocenters. The van der Waals surface area contributed by atoms with Gasteiger partial charge in [0.25, 0.3) is 0 Å². The summed E-state index contributed by atoms with van der Waals surface area (Å²) in [6.45, 7) is 0.722. The lowest BCUT2D eigenvalue weighted by molar-refractivity contribution is -0.119. The smallest absolute Gasteiger partial charge is 0.220 e. The van der Waals surface area contributed by atoms with E-state index < -0.39 is 0 Å². The molecule has 1 amide bonds. The van der Waals surface area contributed by atoms with E-state index in [1.165, 1.54) is 0 Å². The fourth-order valence-corrected chi connectivity index (χ4v) is 3.16. The number of carbonyl (C=O) groups excluding carboxylic acids is 1. The third-order valence-corrected chi connectivity index (χ3v) is 4.15. The van der Waals surface area contributed by atoms with Crippen molar-refractivity contribution in [1.82, 2.24) is 10.3 Å². The van der Waals surface area contributed by atoms with Crippen LogP contribution in [0.2, 0.25) is 5.02 Å². The Hall–Kier alpha value is -1.33. The highest BCUT2D eigenvalue weighted by Crippen LogP contribution is 2.28. The highest BCUT2D eigenvalue weighted by Gasteiger charge is 2.20. The van der Waals surface area contributed by atoms with Crippen LogP contribution in [0.4, 0.5) is 5.13 Å². The van der Waals surface area contributed by atoms with E-state index in [2.05, 4.69) is 15.6 Å². The zero-order valence-electron chi connectivity index (χ0n) is 9.57. The van der Waals surface area contributed by atoms with Crippen LogP contribution in [0.25, 0.3) is 10.2 Å². The molecule has 0 spiro atoms. The molecule has 2 aromatic rings. The summed E-state index contributed by atoms with van der Waals surface area (Å²) in [4.78, 5) is 15.5. The first-order chi connectivity index (χ1) is 8.70. The highest BCUT2D eigenvalue weighted by molar-refractivity contribution is 7.22. The Morgan fingerprint density at radius 1 is 1.56 bits per heavy atom. The predicted octanol–water partition coefficient (Wildman–Crippen LogP) is 2.64. The molecule has 1 aromatic carbocycles. The number of rotatable bonds is 3. The Labute approximate surface area is 113 Å². The fourth-order valence-electron chi connectivity index (χ4n) is 2.02. The van der Waals surface area contributed by atoms with Crippen molar-refractivity contribution in [3.05, 3.63) is 23.2 Å². The van der Waals surface area contributed by atoms with Gasteiger partial charge in [0.15, 0.2) is 5.13 Å². The number of nitrogens with one attached hydrogen (secondary N) is 2. The summed E-state index contributed by atoms with van der Waals surface area (Å²) in [5, 5.41) is 7.78. The van der Waals surface area contributed by atoms with Crippen LogP contribution in [-0.4, -0.2) is 23.5 Å². The van der Waals surface area contributed by atoms with Gasteiger partial charge in [0.2, 0.25) is 5.91 Å². The third-order valence-electron chi connectivity index (χ3n) is 2.94. The Balaban J connectivity index is 1.69. The zero-order valence-corrected chi connectivity index (χ0v) is 11.1. The van der Waals surface area contributed by atoms with Gasteiger partial charge in [-0.2, -0.15) is 0 Å². The first-order valence-electron chi connectivity index (χ1n) is 5.80. The molecule has 1 aromatic heterocycles. The molecule has 0 bridgehead atoms. The first kappa shape index (κ1) is 11.7. The van der Waals surface area contributed by atoms with Gasteiger partial charge in [-0.25, -0.2) is 4.98 Å². The topological polar surface area (TPSA) is 54.0 Å². The van der Waals surface area contributed by atoms with E-state index in [1.807, 2.05) is 18.2 Å². The van der Waals surface area contributed by atoms with Gasteiger partial charge in [-0.05, 0) is 24.6 Å². The summed E-state index contributed by atoms with van der Waals surface area (Å²) in [6.07, 6.45) is 1.52. The molecule has 0 saturated carbocycles. The van der Waals surface area contributed by atoms with Gasteiger partial charge in [0.1, 0.15) is 0 Å².